The van der Waals surface area contributed by atoms with Crippen molar-refractivity contribution in [3.05, 3.63) is 29.8 Å². The monoisotopic (exact) mass is 234 g/mol. The molecule has 17 heavy (non-hydrogen) atoms. The molecule has 2 N–H and O–H groups in total. The van der Waals surface area contributed by atoms with Gasteiger partial charge in [-0.05, 0) is 51.1 Å². The molecule has 2 unspecified atom stereocenters. The van der Waals surface area contributed by atoms with Crippen molar-refractivity contribution in [1.29, 1.82) is 0 Å². The molecular formula is C14H22N2O. The van der Waals surface area contributed by atoms with Crippen molar-refractivity contribution in [1.82, 2.24) is 4.90 Å². The number of likely N-dealkylation sites (N-methyl/N-ethyl adjacent to an activating group) is 1. The van der Waals surface area contributed by atoms with Crippen molar-refractivity contribution in [2.75, 3.05) is 25.5 Å². The molecule has 2 rings (SSSR count). The molecule has 0 aliphatic carbocycles. The molecule has 3 heteroatoms. The van der Waals surface area contributed by atoms with Crippen LogP contribution in [0.1, 0.15) is 31.4 Å². The van der Waals surface area contributed by atoms with Gasteiger partial charge in [-0.25, -0.2) is 0 Å². The highest BCUT2D eigenvalue weighted by molar-refractivity contribution is 5.45. The summed E-state index contributed by atoms with van der Waals surface area (Å²) in [4.78, 5) is 2.41. The molecular weight excluding hydrogens is 212 g/mol. The lowest BCUT2D eigenvalue weighted by molar-refractivity contribution is 0.199. The van der Waals surface area contributed by atoms with E-state index in [1.807, 2.05) is 24.3 Å². The highest BCUT2D eigenvalue weighted by Crippen LogP contribution is 2.18. The third kappa shape index (κ3) is 3.20. The maximum Gasteiger partial charge on any atom is 0.0761 e. The predicted octanol–water partition coefficient (Wildman–Crippen LogP) is 2.25. The summed E-state index contributed by atoms with van der Waals surface area (Å²) in [6, 6.07) is 8.69. The van der Waals surface area contributed by atoms with Crippen molar-refractivity contribution < 1.29 is 5.11 Å². The molecule has 0 radical (unpaired) electrons. The minimum atomic E-state index is -0.384. The van der Waals surface area contributed by atoms with Crippen LogP contribution in [-0.2, 0) is 0 Å². The Hall–Kier alpha value is -1.06. The lowest BCUT2D eigenvalue weighted by atomic mass is 10.1. The van der Waals surface area contributed by atoms with Crippen molar-refractivity contribution in [2.45, 2.75) is 31.9 Å². The Morgan fingerprint density at radius 3 is 2.65 bits per heavy atom. The quantitative estimate of drug-likeness (QED) is 0.838. The highest BCUT2D eigenvalue weighted by atomic mass is 16.3. The van der Waals surface area contributed by atoms with E-state index in [1.165, 1.54) is 19.4 Å². The van der Waals surface area contributed by atoms with Crippen LogP contribution in [0.15, 0.2) is 24.3 Å². The maximum absolute atomic E-state index is 9.42. The molecule has 0 amide bonds. The molecule has 1 aliphatic rings. The van der Waals surface area contributed by atoms with E-state index >= 15 is 0 Å². The molecule has 94 valence electrons. The van der Waals surface area contributed by atoms with Gasteiger partial charge in [-0.1, -0.05) is 12.1 Å². The van der Waals surface area contributed by atoms with Crippen molar-refractivity contribution in [3.8, 4) is 0 Å². The third-order valence-corrected chi connectivity index (χ3v) is 3.61. The van der Waals surface area contributed by atoms with Crippen LogP contribution < -0.4 is 5.32 Å². The fourth-order valence-electron chi connectivity index (χ4n) is 2.35. The summed E-state index contributed by atoms with van der Waals surface area (Å²) in [6.45, 7) is 4.01. The summed E-state index contributed by atoms with van der Waals surface area (Å²) in [6.07, 6.45) is 2.21. The molecule has 1 aromatic carbocycles. The maximum atomic E-state index is 9.42. The summed E-state index contributed by atoms with van der Waals surface area (Å²) in [5.74, 6) is 0. The molecule has 1 heterocycles. The van der Waals surface area contributed by atoms with E-state index in [1.54, 1.807) is 6.92 Å². The number of rotatable bonds is 4. The van der Waals surface area contributed by atoms with Crippen LogP contribution in [0.2, 0.25) is 0 Å². The molecule has 0 spiro atoms. The zero-order valence-corrected chi connectivity index (χ0v) is 10.7. The molecule has 3 nitrogen and oxygen atoms in total. The van der Waals surface area contributed by atoms with E-state index in [4.69, 9.17) is 0 Å². The number of likely N-dealkylation sites (tertiary alicyclic amines) is 1. The second-order valence-electron chi connectivity index (χ2n) is 4.96. The van der Waals surface area contributed by atoms with Gasteiger partial charge >= 0.3 is 0 Å². The lowest BCUT2D eigenvalue weighted by Crippen LogP contribution is -2.31. The van der Waals surface area contributed by atoms with Gasteiger partial charge in [0.05, 0.1) is 6.10 Å². The predicted molar refractivity (Wildman–Crippen MR) is 71.2 cm³/mol. The van der Waals surface area contributed by atoms with Crippen molar-refractivity contribution in [3.63, 3.8) is 0 Å². The van der Waals surface area contributed by atoms with Crippen LogP contribution >= 0.6 is 0 Å². The fourth-order valence-corrected chi connectivity index (χ4v) is 2.35. The minimum absolute atomic E-state index is 0.384. The Balaban J connectivity index is 1.86. The van der Waals surface area contributed by atoms with Crippen LogP contribution in [-0.4, -0.2) is 36.2 Å². The van der Waals surface area contributed by atoms with Crippen LogP contribution in [0.5, 0.6) is 0 Å². The summed E-state index contributed by atoms with van der Waals surface area (Å²) in [5, 5.41) is 12.9. The van der Waals surface area contributed by atoms with Crippen LogP contribution in [0, 0.1) is 0 Å². The van der Waals surface area contributed by atoms with Crippen molar-refractivity contribution in [2.24, 2.45) is 0 Å². The zero-order valence-electron chi connectivity index (χ0n) is 10.7. The Bertz CT molecular complexity index is 348. The fraction of sp³-hybridized carbons (Fsp3) is 0.571. The molecule has 1 saturated heterocycles. The smallest absolute Gasteiger partial charge is 0.0761 e. The van der Waals surface area contributed by atoms with Crippen LogP contribution in [0.4, 0.5) is 5.69 Å². The van der Waals surface area contributed by atoms with Gasteiger partial charge in [0, 0.05) is 18.3 Å². The molecule has 0 aromatic heterocycles. The summed E-state index contributed by atoms with van der Waals surface area (Å²) in [7, 11) is 2.19. The number of nitrogens with zero attached hydrogens (tertiary/aromatic N) is 1. The van der Waals surface area contributed by atoms with Gasteiger partial charge in [-0.2, -0.15) is 0 Å². The summed E-state index contributed by atoms with van der Waals surface area (Å²) < 4.78 is 0. The average Bonchev–Trinajstić information content (AvgIpc) is 2.73. The number of hydrogen-bond acceptors (Lipinski definition) is 3. The van der Waals surface area contributed by atoms with Crippen LogP contribution in [0.25, 0.3) is 0 Å². The number of hydrogen-bond donors (Lipinski definition) is 2. The van der Waals surface area contributed by atoms with Gasteiger partial charge in [0.1, 0.15) is 0 Å². The Labute approximate surface area is 103 Å². The van der Waals surface area contributed by atoms with Gasteiger partial charge in [0.2, 0.25) is 0 Å². The average molecular weight is 234 g/mol. The van der Waals surface area contributed by atoms with Gasteiger partial charge in [0.25, 0.3) is 0 Å². The number of aliphatic hydroxyl groups is 1. The lowest BCUT2D eigenvalue weighted by Gasteiger charge is -2.20. The number of benzene rings is 1. The standard InChI is InChI=1S/C14H22N2O/c1-11(17)12-5-7-13(8-6-12)15-10-14-4-3-9-16(14)2/h5-8,11,14-15,17H,3-4,9-10H2,1-2H3. The summed E-state index contributed by atoms with van der Waals surface area (Å²) in [5.41, 5.74) is 2.10. The number of aliphatic hydroxyl groups excluding tert-OH is 1. The molecule has 1 fully saturated rings. The molecule has 1 aromatic rings. The highest BCUT2D eigenvalue weighted by Gasteiger charge is 2.19. The Morgan fingerprint density at radius 1 is 1.41 bits per heavy atom. The SMILES string of the molecule is CC(O)c1ccc(NCC2CCCN2C)cc1. The first-order valence-corrected chi connectivity index (χ1v) is 6.39. The Morgan fingerprint density at radius 2 is 2.12 bits per heavy atom. The summed E-state index contributed by atoms with van der Waals surface area (Å²) >= 11 is 0. The first kappa shape index (κ1) is 12.4. The van der Waals surface area contributed by atoms with E-state index in [2.05, 4.69) is 17.3 Å². The first-order chi connectivity index (χ1) is 8.16. The first-order valence-electron chi connectivity index (χ1n) is 6.39. The van der Waals surface area contributed by atoms with Crippen LogP contribution in [0.3, 0.4) is 0 Å². The van der Waals surface area contributed by atoms with Gasteiger partial charge < -0.3 is 15.3 Å². The third-order valence-electron chi connectivity index (χ3n) is 3.61. The van der Waals surface area contributed by atoms with Gasteiger partial charge in [-0.3, -0.25) is 0 Å². The molecule has 0 bridgehead atoms. The normalized spacial score (nSPS) is 22.6. The number of nitrogens with one attached hydrogen (secondary N) is 1. The molecule has 1 aliphatic heterocycles. The second-order valence-corrected chi connectivity index (χ2v) is 4.96. The van der Waals surface area contributed by atoms with E-state index in [0.717, 1.165) is 17.8 Å². The van der Waals surface area contributed by atoms with E-state index in [0.29, 0.717) is 6.04 Å². The Kier molecular flexibility index (Phi) is 4.02. The topological polar surface area (TPSA) is 35.5 Å². The largest absolute Gasteiger partial charge is 0.389 e. The molecule has 0 saturated carbocycles. The second kappa shape index (κ2) is 5.52. The van der Waals surface area contributed by atoms with E-state index < -0.39 is 0 Å². The van der Waals surface area contributed by atoms with Gasteiger partial charge in [0.15, 0.2) is 0 Å². The van der Waals surface area contributed by atoms with Gasteiger partial charge in [-0.15, -0.1) is 0 Å². The number of anilines is 1. The minimum Gasteiger partial charge on any atom is -0.389 e. The molecule has 2 atom stereocenters. The van der Waals surface area contributed by atoms with E-state index in [9.17, 15) is 5.11 Å². The van der Waals surface area contributed by atoms with Crippen molar-refractivity contribution >= 4 is 5.69 Å². The van der Waals surface area contributed by atoms with E-state index in [-0.39, 0.29) is 6.10 Å². The zero-order chi connectivity index (χ0) is 12.3.